The molecule has 1 saturated heterocycles. The van der Waals surface area contributed by atoms with E-state index in [1.165, 1.54) is 12.1 Å². The van der Waals surface area contributed by atoms with Crippen molar-refractivity contribution >= 4 is 11.7 Å². The highest BCUT2D eigenvalue weighted by Crippen LogP contribution is 2.35. The van der Waals surface area contributed by atoms with Crippen molar-refractivity contribution in [3.05, 3.63) is 64.6 Å². The Bertz CT molecular complexity index is 1300. The molecule has 2 aromatic heterocycles. The monoisotopic (exact) mass is 487 g/mol. The summed E-state index contributed by atoms with van der Waals surface area (Å²) in [5, 5.41) is 4.34. The van der Waals surface area contributed by atoms with Crippen LogP contribution in [0.4, 0.5) is 19.0 Å². The number of hydrogen-bond acceptors (Lipinski definition) is 7. The largest absolute Gasteiger partial charge is 0.454 e. The molecule has 182 valence electrons. The number of fused-ring (bicyclic) bond motifs is 1. The molecule has 1 aromatic carbocycles. The Morgan fingerprint density at radius 2 is 1.74 bits per heavy atom. The fourth-order valence-electron chi connectivity index (χ4n) is 3.93. The van der Waals surface area contributed by atoms with E-state index in [0.717, 1.165) is 16.9 Å². The molecule has 0 N–H and O–H groups in total. The molecule has 0 aliphatic carbocycles. The SMILES string of the molecule is O=C(Cn1nc(-c2ccc3c(c2)OCO3)ccc1=O)N1CCN(c2ccc(C(F)(F)F)cn2)CC1. The Hall–Kier alpha value is -4.09. The molecule has 5 rings (SSSR count). The molecule has 1 fully saturated rings. The normalized spacial score (nSPS) is 15.4. The first-order valence-corrected chi connectivity index (χ1v) is 10.8. The molecule has 0 spiro atoms. The number of benzene rings is 1. The Morgan fingerprint density at radius 1 is 0.971 bits per heavy atom. The highest BCUT2D eigenvalue weighted by atomic mass is 19.4. The number of anilines is 1. The average molecular weight is 487 g/mol. The van der Waals surface area contributed by atoms with Gasteiger partial charge in [0.15, 0.2) is 11.5 Å². The molecule has 0 unspecified atom stereocenters. The molecule has 2 aliphatic heterocycles. The van der Waals surface area contributed by atoms with E-state index in [0.29, 0.717) is 54.8 Å². The summed E-state index contributed by atoms with van der Waals surface area (Å²) in [6.07, 6.45) is -3.64. The van der Waals surface area contributed by atoms with Crippen molar-refractivity contribution in [2.24, 2.45) is 0 Å². The van der Waals surface area contributed by atoms with E-state index in [1.807, 2.05) is 4.90 Å². The molecule has 12 heteroatoms. The maximum absolute atomic E-state index is 12.8. The summed E-state index contributed by atoms with van der Waals surface area (Å²) in [6.45, 7) is 1.42. The third kappa shape index (κ3) is 4.77. The van der Waals surface area contributed by atoms with Crippen LogP contribution in [-0.4, -0.2) is 58.5 Å². The van der Waals surface area contributed by atoms with Crippen LogP contribution in [0.2, 0.25) is 0 Å². The first-order chi connectivity index (χ1) is 16.8. The summed E-state index contributed by atoms with van der Waals surface area (Å²) in [6, 6.07) is 10.6. The van der Waals surface area contributed by atoms with Gasteiger partial charge in [0, 0.05) is 44.0 Å². The Morgan fingerprint density at radius 3 is 2.46 bits per heavy atom. The molecular formula is C23H20F3N5O4. The first-order valence-electron chi connectivity index (χ1n) is 10.8. The molecule has 4 heterocycles. The lowest BCUT2D eigenvalue weighted by atomic mass is 10.1. The molecule has 0 atom stereocenters. The minimum Gasteiger partial charge on any atom is -0.454 e. The van der Waals surface area contributed by atoms with Crippen molar-refractivity contribution in [2.45, 2.75) is 12.7 Å². The van der Waals surface area contributed by atoms with Gasteiger partial charge in [-0.3, -0.25) is 9.59 Å². The van der Waals surface area contributed by atoms with Crippen LogP contribution in [0.25, 0.3) is 11.3 Å². The van der Waals surface area contributed by atoms with Crippen LogP contribution in [0, 0.1) is 0 Å². The molecule has 3 aromatic rings. The van der Waals surface area contributed by atoms with Crippen LogP contribution in [0.1, 0.15) is 5.56 Å². The summed E-state index contributed by atoms with van der Waals surface area (Å²) in [7, 11) is 0. The zero-order chi connectivity index (χ0) is 24.6. The Balaban J connectivity index is 1.23. The van der Waals surface area contributed by atoms with Crippen LogP contribution in [0.5, 0.6) is 11.5 Å². The van der Waals surface area contributed by atoms with Gasteiger partial charge < -0.3 is 19.3 Å². The van der Waals surface area contributed by atoms with Crippen LogP contribution in [0.15, 0.2) is 53.5 Å². The van der Waals surface area contributed by atoms with Crippen LogP contribution >= 0.6 is 0 Å². The number of pyridine rings is 1. The predicted octanol–water partition coefficient (Wildman–Crippen LogP) is 2.40. The van der Waals surface area contributed by atoms with Crippen LogP contribution < -0.4 is 19.9 Å². The van der Waals surface area contributed by atoms with Gasteiger partial charge in [-0.15, -0.1) is 0 Å². The van der Waals surface area contributed by atoms with E-state index in [2.05, 4.69) is 10.1 Å². The van der Waals surface area contributed by atoms with Crippen LogP contribution in [-0.2, 0) is 17.5 Å². The minimum absolute atomic E-state index is 0.141. The average Bonchev–Trinajstić information content (AvgIpc) is 3.33. The molecule has 9 nitrogen and oxygen atoms in total. The molecule has 0 bridgehead atoms. The summed E-state index contributed by atoms with van der Waals surface area (Å²) >= 11 is 0. The van der Waals surface area contributed by atoms with Gasteiger partial charge in [0.25, 0.3) is 5.56 Å². The number of carbonyl (C=O) groups is 1. The maximum Gasteiger partial charge on any atom is 0.417 e. The Labute approximate surface area is 197 Å². The number of ether oxygens (including phenoxy) is 2. The summed E-state index contributed by atoms with van der Waals surface area (Å²) in [5.74, 6) is 1.35. The van der Waals surface area contributed by atoms with Gasteiger partial charge in [-0.2, -0.15) is 18.3 Å². The number of nitrogens with zero attached hydrogens (tertiary/aromatic N) is 5. The zero-order valence-corrected chi connectivity index (χ0v) is 18.4. The van der Waals surface area contributed by atoms with Crippen molar-refractivity contribution in [1.82, 2.24) is 19.7 Å². The van der Waals surface area contributed by atoms with Crippen molar-refractivity contribution < 1.29 is 27.4 Å². The number of hydrogen-bond donors (Lipinski definition) is 0. The number of alkyl halides is 3. The van der Waals surface area contributed by atoms with Crippen molar-refractivity contribution in [1.29, 1.82) is 0 Å². The lowest BCUT2D eigenvalue weighted by Gasteiger charge is -2.35. The second kappa shape index (κ2) is 8.93. The fraction of sp³-hybridized carbons (Fsp3) is 0.304. The van der Waals surface area contributed by atoms with Gasteiger partial charge in [-0.05, 0) is 36.4 Å². The quantitative estimate of drug-likeness (QED) is 0.558. The second-order valence-electron chi connectivity index (χ2n) is 8.05. The maximum atomic E-state index is 12.8. The number of piperazine rings is 1. The van der Waals surface area contributed by atoms with Gasteiger partial charge in [0.2, 0.25) is 12.7 Å². The van der Waals surface area contributed by atoms with Crippen molar-refractivity contribution in [3.8, 4) is 22.8 Å². The van der Waals surface area contributed by atoms with E-state index in [4.69, 9.17) is 9.47 Å². The first kappa shape index (κ1) is 22.7. The smallest absolute Gasteiger partial charge is 0.417 e. The standard InChI is InChI=1S/C23H20F3N5O4/c24-23(25,26)16-2-5-20(27-12-16)29-7-9-30(10-8-29)22(33)13-31-21(32)6-3-17(28-31)15-1-4-18-19(11-15)35-14-34-18/h1-6,11-12H,7-10,13-14H2. The van der Waals surface area contributed by atoms with E-state index in [1.54, 1.807) is 29.2 Å². The predicted molar refractivity (Wildman–Crippen MR) is 118 cm³/mol. The minimum atomic E-state index is -4.44. The number of carbonyl (C=O) groups excluding carboxylic acids is 1. The molecule has 0 radical (unpaired) electrons. The molecular weight excluding hydrogens is 467 g/mol. The summed E-state index contributed by atoms with van der Waals surface area (Å²) in [4.78, 5) is 32.5. The van der Waals surface area contributed by atoms with Gasteiger partial charge in [-0.1, -0.05) is 0 Å². The molecule has 35 heavy (non-hydrogen) atoms. The number of amides is 1. The van der Waals surface area contributed by atoms with Gasteiger partial charge in [0.1, 0.15) is 12.4 Å². The fourth-order valence-corrected chi connectivity index (χ4v) is 3.93. The van der Waals surface area contributed by atoms with Crippen LogP contribution in [0.3, 0.4) is 0 Å². The highest BCUT2D eigenvalue weighted by molar-refractivity contribution is 5.76. The number of aromatic nitrogens is 3. The lowest BCUT2D eigenvalue weighted by Crippen LogP contribution is -2.50. The molecule has 2 aliphatic rings. The topological polar surface area (TPSA) is 89.8 Å². The van der Waals surface area contributed by atoms with E-state index < -0.39 is 17.3 Å². The zero-order valence-electron chi connectivity index (χ0n) is 18.4. The van der Waals surface area contributed by atoms with E-state index in [9.17, 15) is 22.8 Å². The highest BCUT2D eigenvalue weighted by Gasteiger charge is 2.31. The third-order valence-electron chi connectivity index (χ3n) is 5.85. The van der Waals surface area contributed by atoms with Gasteiger partial charge in [-0.25, -0.2) is 9.67 Å². The summed E-state index contributed by atoms with van der Waals surface area (Å²) < 4.78 is 50.0. The summed E-state index contributed by atoms with van der Waals surface area (Å²) in [5.41, 5.74) is 0.00780. The van der Waals surface area contributed by atoms with Gasteiger partial charge in [0.05, 0.1) is 11.3 Å². The third-order valence-corrected chi connectivity index (χ3v) is 5.85. The number of halogens is 3. The van der Waals surface area contributed by atoms with Gasteiger partial charge >= 0.3 is 6.18 Å². The van der Waals surface area contributed by atoms with Crippen molar-refractivity contribution in [2.75, 3.05) is 37.9 Å². The Kier molecular flexibility index (Phi) is 5.79. The second-order valence-corrected chi connectivity index (χ2v) is 8.05. The molecule has 1 amide bonds. The molecule has 0 saturated carbocycles. The van der Waals surface area contributed by atoms with Crippen molar-refractivity contribution in [3.63, 3.8) is 0 Å². The number of rotatable bonds is 4. The lowest BCUT2D eigenvalue weighted by molar-refractivity contribution is -0.138. The van der Waals surface area contributed by atoms with E-state index in [-0.39, 0.29) is 19.2 Å². The van der Waals surface area contributed by atoms with E-state index >= 15 is 0 Å².